The van der Waals surface area contributed by atoms with E-state index in [1.165, 1.54) is 5.57 Å². The average molecular weight is 182 g/mol. The number of hydrogen-bond acceptors (Lipinski definition) is 2. The van der Waals surface area contributed by atoms with E-state index >= 15 is 0 Å². The van der Waals surface area contributed by atoms with Crippen molar-refractivity contribution in [3.8, 4) is 0 Å². The van der Waals surface area contributed by atoms with Crippen LogP contribution in [0.5, 0.6) is 0 Å². The topological polar surface area (TPSA) is 23.6 Å². The Kier molecular flexibility index (Phi) is 3.48. The predicted molar refractivity (Wildman–Crippen MR) is 53.5 cm³/mol. The summed E-state index contributed by atoms with van der Waals surface area (Å²) in [6.07, 6.45) is 3.16. The molecule has 0 aromatic carbocycles. The fraction of sp³-hybridized carbons (Fsp3) is 0.700. The summed E-state index contributed by atoms with van der Waals surface area (Å²) in [6.45, 7) is 4.31. The Morgan fingerprint density at radius 3 is 2.77 bits per heavy atom. The van der Waals surface area contributed by atoms with Crippen LogP contribution in [0.15, 0.2) is 11.6 Å². The highest BCUT2D eigenvalue weighted by Gasteiger charge is 2.15. The fourth-order valence-electron chi connectivity index (χ4n) is 1.37. The van der Waals surface area contributed by atoms with Gasteiger partial charge in [0.05, 0.1) is 6.54 Å². The number of nitrogens with zero attached hydrogens (tertiary/aromatic N) is 2. The summed E-state index contributed by atoms with van der Waals surface area (Å²) in [5, 5.41) is 0. The molecule has 0 aliphatic carbocycles. The van der Waals surface area contributed by atoms with E-state index in [4.69, 9.17) is 0 Å². The van der Waals surface area contributed by atoms with Crippen molar-refractivity contribution in [2.45, 2.75) is 13.3 Å². The Bertz CT molecular complexity index is 221. The maximum absolute atomic E-state index is 11.6. The number of amides is 1. The zero-order valence-corrected chi connectivity index (χ0v) is 8.71. The lowest BCUT2D eigenvalue weighted by Gasteiger charge is -2.26. The third kappa shape index (κ3) is 3.19. The highest BCUT2D eigenvalue weighted by Crippen LogP contribution is 2.09. The van der Waals surface area contributed by atoms with Gasteiger partial charge in [-0.15, -0.1) is 0 Å². The van der Waals surface area contributed by atoms with E-state index < -0.39 is 0 Å². The molecular formula is C10H18N2O. The quantitative estimate of drug-likeness (QED) is 0.588. The van der Waals surface area contributed by atoms with E-state index in [9.17, 15) is 4.79 Å². The Hall–Kier alpha value is -0.830. The number of carbonyl (C=O) groups excluding carboxylic acids is 1. The van der Waals surface area contributed by atoms with Crippen LogP contribution in [0.3, 0.4) is 0 Å². The van der Waals surface area contributed by atoms with E-state index in [0.717, 1.165) is 19.5 Å². The van der Waals surface area contributed by atoms with Crippen LogP contribution in [0, 0.1) is 0 Å². The predicted octanol–water partition coefficient (Wildman–Crippen LogP) is 0.727. The second kappa shape index (κ2) is 4.42. The number of carbonyl (C=O) groups is 1. The maximum Gasteiger partial charge on any atom is 0.237 e. The summed E-state index contributed by atoms with van der Waals surface area (Å²) in [6, 6.07) is 0. The molecule has 0 aromatic rings. The van der Waals surface area contributed by atoms with E-state index in [2.05, 4.69) is 13.0 Å². The minimum absolute atomic E-state index is 0.230. The Balaban J connectivity index is 2.41. The van der Waals surface area contributed by atoms with Crippen LogP contribution in [-0.2, 0) is 4.79 Å². The lowest BCUT2D eigenvalue weighted by atomic mass is 10.1. The summed E-state index contributed by atoms with van der Waals surface area (Å²) >= 11 is 0. The van der Waals surface area contributed by atoms with Crippen molar-refractivity contribution in [1.29, 1.82) is 0 Å². The van der Waals surface area contributed by atoms with Crippen LogP contribution in [0.2, 0.25) is 0 Å². The van der Waals surface area contributed by atoms with Gasteiger partial charge in [0.1, 0.15) is 0 Å². The molecule has 0 spiro atoms. The van der Waals surface area contributed by atoms with Crippen molar-refractivity contribution in [1.82, 2.24) is 9.80 Å². The summed E-state index contributed by atoms with van der Waals surface area (Å²) < 4.78 is 0. The van der Waals surface area contributed by atoms with Crippen molar-refractivity contribution >= 4 is 5.91 Å². The monoisotopic (exact) mass is 182 g/mol. The van der Waals surface area contributed by atoms with Crippen LogP contribution in [0.25, 0.3) is 0 Å². The molecular weight excluding hydrogens is 164 g/mol. The van der Waals surface area contributed by atoms with Gasteiger partial charge in [-0.3, -0.25) is 4.79 Å². The molecule has 1 heterocycles. The van der Waals surface area contributed by atoms with E-state index in [1.807, 2.05) is 23.9 Å². The molecule has 1 aliphatic heterocycles. The molecule has 0 unspecified atom stereocenters. The lowest BCUT2D eigenvalue weighted by Crippen LogP contribution is -2.40. The minimum atomic E-state index is 0.230. The summed E-state index contributed by atoms with van der Waals surface area (Å²) in [5.41, 5.74) is 1.40. The SMILES string of the molecule is CC1=CCN(C(=O)CN(C)C)CC1. The van der Waals surface area contributed by atoms with Crippen molar-refractivity contribution in [3.63, 3.8) is 0 Å². The molecule has 0 atom stereocenters. The molecule has 74 valence electrons. The van der Waals surface area contributed by atoms with Crippen LogP contribution < -0.4 is 0 Å². The summed E-state index contributed by atoms with van der Waals surface area (Å²) in [4.78, 5) is 15.4. The van der Waals surface area contributed by atoms with Crippen LogP contribution in [0.4, 0.5) is 0 Å². The lowest BCUT2D eigenvalue weighted by molar-refractivity contribution is -0.131. The second-order valence-electron chi connectivity index (χ2n) is 3.88. The second-order valence-corrected chi connectivity index (χ2v) is 3.88. The zero-order chi connectivity index (χ0) is 9.84. The molecule has 3 heteroatoms. The van der Waals surface area contributed by atoms with Gasteiger partial charge in [-0.2, -0.15) is 0 Å². The first-order chi connectivity index (χ1) is 6.09. The van der Waals surface area contributed by atoms with Crippen LogP contribution >= 0.6 is 0 Å². The molecule has 1 aliphatic rings. The van der Waals surface area contributed by atoms with Gasteiger partial charge in [-0.1, -0.05) is 11.6 Å². The number of rotatable bonds is 2. The van der Waals surface area contributed by atoms with E-state index in [1.54, 1.807) is 0 Å². The first-order valence-electron chi connectivity index (χ1n) is 4.67. The summed E-state index contributed by atoms with van der Waals surface area (Å²) in [7, 11) is 3.84. The molecule has 1 amide bonds. The largest absolute Gasteiger partial charge is 0.338 e. The maximum atomic E-state index is 11.6. The van der Waals surface area contributed by atoms with Crippen molar-refractivity contribution in [2.24, 2.45) is 0 Å². The molecule has 0 N–H and O–H groups in total. The smallest absolute Gasteiger partial charge is 0.237 e. The van der Waals surface area contributed by atoms with Gasteiger partial charge in [-0.05, 0) is 27.4 Å². The third-order valence-electron chi connectivity index (χ3n) is 2.24. The molecule has 0 radical (unpaired) electrons. The zero-order valence-electron chi connectivity index (χ0n) is 8.71. The standard InChI is InChI=1S/C10H18N2O/c1-9-4-6-12(7-5-9)10(13)8-11(2)3/h4H,5-8H2,1-3H3. The van der Waals surface area contributed by atoms with Crippen molar-refractivity contribution in [2.75, 3.05) is 33.7 Å². The number of hydrogen-bond donors (Lipinski definition) is 0. The molecule has 0 saturated heterocycles. The highest BCUT2D eigenvalue weighted by atomic mass is 16.2. The average Bonchev–Trinajstić information content (AvgIpc) is 2.04. The Labute approximate surface area is 80.0 Å². The summed E-state index contributed by atoms with van der Waals surface area (Å²) in [5.74, 6) is 0.230. The van der Waals surface area contributed by atoms with Gasteiger partial charge in [0.15, 0.2) is 0 Å². The van der Waals surface area contributed by atoms with E-state index in [0.29, 0.717) is 6.54 Å². The molecule has 0 bridgehead atoms. The van der Waals surface area contributed by atoms with Gasteiger partial charge in [0.25, 0.3) is 0 Å². The highest BCUT2D eigenvalue weighted by molar-refractivity contribution is 5.78. The fourth-order valence-corrected chi connectivity index (χ4v) is 1.37. The first kappa shape index (κ1) is 10.3. The normalized spacial score (nSPS) is 17.5. The van der Waals surface area contributed by atoms with Crippen molar-refractivity contribution < 1.29 is 4.79 Å². The van der Waals surface area contributed by atoms with Gasteiger partial charge in [0.2, 0.25) is 5.91 Å². The molecule has 0 saturated carbocycles. The van der Waals surface area contributed by atoms with Gasteiger partial charge < -0.3 is 9.80 Å². The van der Waals surface area contributed by atoms with Gasteiger partial charge >= 0.3 is 0 Å². The Morgan fingerprint density at radius 2 is 2.31 bits per heavy atom. The minimum Gasteiger partial charge on any atom is -0.338 e. The van der Waals surface area contributed by atoms with Crippen LogP contribution in [-0.4, -0.2) is 49.4 Å². The molecule has 3 nitrogen and oxygen atoms in total. The third-order valence-corrected chi connectivity index (χ3v) is 2.24. The Morgan fingerprint density at radius 1 is 1.62 bits per heavy atom. The van der Waals surface area contributed by atoms with Gasteiger partial charge in [0, 0.05) is 13.1 Å². The molecule has 1 rings (SSSR count). The van der Waals surface area contributed by atoms with Crippen molar-refractivity contribution in [3.05, 3.63) is 11.6 Å². The first-order valence-corrected chi connectivity index (χ1v) is 4.67. The number of likely N-dealkylation sites (N-methyl/N-ethyl adjacent to an activating group) is 1. The van der Waals surface area contributed by atoms with Gasteiger partial charge in [-0.25, -0.2) is 0 Å². The van der Waals surface area contributed by atoms with E-state index in [-0.39, 0.29) is 5.91 Å². The molecule has 0 fully saturated rings. The van der Waals surface area contributed by atoms with Crippen LogP contribution in [0.1, 0.15) is 13.3 Å². The molecule has 0 aromatic heterocycles. The molecule has 13 heavy (non-hydrogen) atoms.